The van der Waals surface area contributed by atoms with Crippen LogP contribution >= 0.6 is 34.2 Å². The van der Waals surface area contributed by atoms with Gasteiger partial charge in [-0.2, -0.15) is 0 Å². The Kier molecular flexibility index (Phi) is 4.22. The van der Waals surface area contributed by atoms with Crippen LogP contribution in [0.3, 0.4) is 0 Å². The van der Waals surface area contributed by atoms with Gasteiger partial charge in [-0.05, 0) is 70.6 Å². The second-order valence-corrected chi connectivity index (χ2v) is 7.18. The van der Waals surface area contributed by atoms with Crippen molar-refractivity contribution in [1.82, 2.24) is 0 Å². The molecule has 1 aromatic rings. The van der Waals surface area contributed by atoms with E-state index >= 15 is 0 Å². The van der Waals surface area contributed by atoms with Gasteiger partial charge in [0.2, 0.25) is 0 Å². The van der Waals surface area contributed by atoms with Crippen molar-refractivity contribution in [1.29, 1.82) is 0 Å². The fourth-order valence-corrected chi connectivity index (χ4v) is 2.92. The maximum absolute atomic E-state index is 11.5. The number of nitrogens with zero attached hydrogens (tertiary/aromatic N) is 1. The van der Waals surface area contributed by atoms with Crippen molar-refractivity contribution >= 4 is 45.1 Å². The standard InChI is InChI=1S/C14H17ClINO/c1-14(2)5-7-17(8-6-14)12-9-10(16)3-4-11(12)13(15)18/h3-4,9H,5-8H2,1-2H3. The first-order chi connectivity index (χ1) is 8.39. The first kappa shape index (κ1) is 14.1. The Morgan fingerprint density at radius 2 is 1.94 bits per heavy atom. The Balaban J connectivity index is 2.28. The Morgan fingerprint density at radius 1 is 1.33 bits per heavy atom. The Bertz CT molecular complexity index is 463. The molecule has 0 aromatic heterocycles. The number of carbonyl (C=O) groups excluding carboxylic acids is 1. The molecule has 0 radical (unpaired) electrons. The lowest BCUT2D eigenvalue weighted by Gasteiger charge is -2.38. The Labute approximate surface area is 127 Å². The molecule has 0 amide bonds. The predicted octanol–water partition coefficient (Wildman–Crippen LogP) is 4.30. The third-order valence-corrected chi connectivity index (χ3v) is 4.50. The molecule has 0 atom stereocenters. The zero-order valence-electron chi connectivity index (χ0n) is 10.7. The topological polar surface area (TPSA) is 20.3 Å². The van der Waals surface area contributed by atoms with E-state index in [2.05, 4.69) is 47.4 Å². The van der Waals surface area contributed by atoms with E-state index in [1.165, 1.54) is 0 Å². The van der Waals surface area contributed by atoms with Gasteiger partial charge in [-0.25, -0.2) is 0 Å². The van der Waals surface area contributed by atoms with Gasteiger partial charge in [0.15, 0.2) is 0 Å². The summed E-state index contributed by atoms with van der Waals surface area (Å²) in [6, 6.07) is 5.80. The van der Waals surface area contributed by atoms with Gasteiger partial charge in [0, 0.05) is 22.3 Å². The summed E-state index contributed by atoms with van der Waals surface area (Å²) < 4.78 is 1.13. The molecular weight excluding hydrogens is 361 g/mol. The number of benzene rings is 1. The van der Waals surface area contributed by atoms with E-state index < -0.39 is 0 Å². The number of halogens is 2. The summed E-state index contributed by atoms with van der Waals surface area (Å²) >= 11 is 7.94. The molecule has 1 heterocycles. The van der Waals surface area contributed by atoms with Crippen LogP contribution in [0, 0.1) is 8.99 Å². The van der Waals surface area contributed by atoms with Crippen molar-refractivity contribution < 1.29 is 4.79 Å². The number of carbonyl (C=O) groups is 1. The predicted molar refractivity (Wildman–Crippen MR) is 84.6 cm³/mol. The van der Waals surface area contributed by atoms with Gasteiger partial charge in [-0.1, -0.05) is 13.8 Å². The summed E-state index contributed by atoms with van der Waals surface area (Å²) in [6.07, 6.45) is 2.29. The Hall–Kier alpha value is -0.290. The first-order valence-electron chi connectivity index (χ1n) is 6.13. The van der Waals surface area contributed by atoms with Crippen molar-refractivity contribution in [3.8, 4) is 0 Å². The molecule has 1 aliphatic rings. The van der Waals surface area contributed by atoms with E-state index in [9.17, 15) is 4.79 Å². The van der Waals surface area contributed by atoms with Gasteiger partial charge in [0.1, 0.15) is 0 Å². The van der Waals surface area contributed by atoms with Crippen molar-refractivity contribution in [3.05, 3.63) is 27.3 Å². The molecule has 1 saturated heterocycles. The average molecular weight is 378 g/mol. The van der Waals surface area contributed by atoms with E-state index in [0.717, 1.165) is 35.2 Å². The van der Waals surface area contributed by atoms with Crippen molar-refractivity contribution in [2.75, 3.05) is 18.0 Å². The Morgan fingerprint density at radius 3 is 2.50 bits per heavy atom. The number of hydrogen-bond acceptors (Lipinski definition) is 2. The van der Waals surface area contributed by atoms with Gasteiger partial charge in [0.25, 0.3) is 5.24 Å². The lowest BCUT2D eigenvalue weighted by atomic mass is 9.82. The van der Waals surface area contributed by atoms with E-state index in [1.54, 1.807) is 0 Å². The van der Waals surface area contributed by atoms with Crippen LogP contribution in [-0.2, 0) is 0 Å². The summed E-state index contributed by atoms with van der Waals surface area (Å²) in [4.78, 5) is 13.8. The van der Waals surface area contributed by atoms with Crippen molar-refractivity contribution in [2.24, 2.45) is 5.41 Å². The van der Waals surface area contributed by atoms with Crippen LogP contribution < -0.4 is 4.90 Å². The van der Waals surface area contributed by atoms with Crippen LogP contribution in [0.2, 0.25) is 0 Å². The molecular formula is C14H17ClINO. The fraction of sp³-hybridized carbons (Fsp3) is 0.500. The van der Waals surface area contributed by atoms with E-state index in [4.69, 9.17) is 11.6 Å². The quantitative estimate of drug-likeness (QED) is 0.566. The molecule has 1 aliphatic heterocycles. The number of piperidine rings is 1. The van der Waals surface area contributed by atoms with Crippen LogP contribution in [0.5, 0.6) is 0 Å². The van der Waals surface area contributed by atoms with E-state index in [0.29, 0.717) is 11.0 Å². The van der Waals surface area contributed by atoms with Crippen LogP contribution in [-0.4, -0.2) is 18.3 Å². The highest BCUT2D eigenvalue weighted by atomic mass is 127. The summed E-state index contributed by atoms with van der Waals surface area (Å²) in [6.45, 7) is 6.58. The molecule has 0 saturated carbocycles. The second-order valence-electron chi connectivity index (χ2n) is 5.59. The van der Waals surface area contributed by atoms with Gasteiger partial charge in [-0.3, -0.25) is 4.79 Å². The summed E-state index contributed by atoms with van der Waals surface area (Å²) in [7, 11) is 0. The third-order valence-electron chi connectivity index (χ3n) is 3.63. The molecule has 2 rings (SSSR count). The maximum Gasteiger partial charge on any atom is 0.254 e. The third kappa shape index (κ3) is 3.18. The number of anilines is 1. The molecule has 18 heavy (non-hydrogen) atoms. The SMILES string of the molecule is CC1(C)CCN(c2cc(I)ccc2C(=O)Cl)CC1. The minimum atomic E-state index is -0.369. The van der Waals surface area contributed by atoms with Gasteiger partial charge >= 0.3 is 0 Å². The minimum absolute atomic E-state index is 0.369. The highest BCUT2D eigenvalue weighted by Crippen LogP contribution is 2.34. The highest BCUT2D eigenvalue weighted by molar-refractivity contribution is 14.1. The first-order valence-corrected chi connectivity index (χ1v) is 7.59. The van der Waals surface area contributed by atoms with Gasteiger partial charge in [0.05, 0.1) is 5.56 Å². The van der Waals surface area contributed by atoms with Crippen molar-refractivity contribution in [3.63, 3.8) is 0 Å². The molecule has 2 nitrogen and oxygen atoms in total. The summed E-state index contributed by atoms with van der Waals surface area (Å²) in [5, 5.41) is -0.369. The molecule has 98 valence electrons. The van der Waals surface area contributed by atoms with Gasteiger partial charge < -0.3 is 4.90 Å². The largest absolute Gasteiger partial charge is 0.371 e. The molecule has 0 aliphatic carbocycles. The molecule has 1 aromatic carbocycles. The minimum Gasteiger partial charge on any atom is -0.371 e. The monoisotopic (exact) mass is 377 g/mol. The lowest BCUT2D eigenvalue weighted by Crippen LogP contribution is -2.38. The molecule has 0 spiro atoms. The van der Waals surface area contributed by atoms with Crippen LogP contribution in [0.15, 0.2) is 18.2 Å². The average Bonchev–Trinajstić information content (AvgIpc) is 2.28. The molecule has 0 unspecified atom stereocenters. The number of rotatable bonds is 2. The number of hydrogen-bond donors (Lipinski definition) is 0. The van der Waals surface area contributed by atoms with E-state index in [1.807, 2.05) is 12.1 Å². The van der Waals surface area contributed by atoms with Crippen LogP contribution in [0.4, 0.5) is 5.69 Å². The molecule has 4 heteroatoms. The zero-order valence-corrected chi connectivity index (χ0v) is 13.6. The summed E-state index contributed by atoms with van der Waals surface area (Å²) in [5.74, 6) is 0. The second kappa shape index (κ2) is 5.37. The van der Waals surface area contributed by atoms with Gasteiger partial charge in [-0.15, -0.1) is 0 Å². The lowest BCUT2D eigenvalue weighted by molar-refractivity contribution is 0.108. The van der Waals surface area contributed by atoms with Crippen LogP contribution in [0.25, 0.3) is 0 Å². The van der Waals surface area contributed by atoms with E-state index in [-0.39, 0.29) is 5.24 Å². The smallest absolute Gasteiger partial charge is 0.254 e. The normalized spacial score (nSPS) is 18.8. The molecule has 0 bridgehead atoms. The highest BCUT2D eigenvalue weighted by Gasteiger charge is 2.27. The van der Waals surface area contributed by atoms with Crippen LogP contribution in [0.1, 0.15) is 37.0 Å². The maximum atomic E-state index is 11.5. The fourth-order valence-electron chi connectivity index (χ4n) is 2.29. The summed E-state index contributed by atoms with van der Waals surface area (Å²) in [5.41, 5.74) is 2.01. The van der Waals surface area contributed by atoms with Crippen molar-refractivity contribution in [2.45, 2.75) is 26.7 Å². The molecule has 1 fully saturated rings. The zero-order chi connectivity index (χ0) is 13.3. The molecule has 0 N–H and O–H groups in total.